The van der Waals surface area contributed by atoms with Crippen LogP contribution in [0.4, 0.5) is 0 Å². The van der Waals surface area contributed by atoms with E-state index in [-0.39, 0.29) is 39.2 Å². The zero-order valence-corrected chi connectivity index (χ0v) is 44.8. The summed E-state index contributed by atoms with van der Waals surface area (Å²) in [6.07, 6.45) is 0. The van der Waals surface area contributed by atoms with Gasteiger partial charge in [-0.2, -0.15) is 0 Å². The summed E-state index contributed by atoms with van der Waals surface area (Å²) in [4.78, 5) is 5.52. The fraction of sp³-hybridized carbons (Fsp3) is 0.369. The van der Waals surface area contributed by atoms with Gasteiger partial charge < -0.3 is 9.13 Å². The first kappa shape index (κ1) is 45.6. The van der Waals surface area contributed by atoms with Crippen molar-refractivity contribution in [3.05, 3.63) is 143 Å². The van der Waals surface area contributed by atoms with E-state index in [2.05, 4.69) is 243 Å². The molecular formula is C65H72BN3. The number of aromatic nitrogens is 3. The second-order valence-electron chi connectivity index (χ2n) is 27.0. The van der Waals surface area contributed by atoms with Gasteiger partial charge >= 0.3 is 0 Å². The van der Waals surface area contributed by atoms with Crippen molar-refractivity contribution in [2.24, 2.45) is 0 Å². The van der Waals surface area contributed by atoms with Crippen LogP contribution in [0.2, 0.25) is 0 Å². The molecule has 9 aromatic rings. The molecule has 6 aromatic carbocycles. The van der Waals surface area contributed by atoms with Crippen molar-refractivity contribution >= 4 is 66.7 Å². The Morgan fingerprint density at radius 3 is 1.16 bits per heavy atom. The fourth-order valence-electron chi connectivity index (χ4n) is 12.1. The highest BCUT2D eigenvalue weighted by Crippen LogP contribution is 2.50. The monoisotopic (exact) mass is 906 g/mol. The van der Waals surface area contributed by atoms with Crippen LogP contribution in [-0.2, 0) is 32.5 Å². The standard InChI is InChI=1S/C65H72BN3/c1-60(2,3)39-33-43(64(13,14)15)53-49(35-39)68-51-31-38(48-26-22-25-47(67-48)37-23-20-19-21-24-37)32-52-57(51)66(45-29-27-41(62(7,8)9)55(53)58(45)68)46-30-28-42(63(10,11)12)56-54-44(65(16,17)18)34-40(61(4,5)6)36-50(54)69(52)59(46)56/h19-36H,1-18H3. The largest absolute Gasteiger partial charge is 0.310 e. The topological polar surface area (TPSA) is 22.8 Å². The Bertz CT molecular complexity index is 3450. The average Bonchev–Trinajstić information content (AvgIpc) is 3.78. The fourth-order valence-corrected chi connectivity index (χ4v) is 12.1. The Morgan fingerprint density at radius 1 is 0.362 bits per heavy atom. The van der Waals surface area contributed by atoms with Gasteiger partial charge in [-0.05, 0) is 119 Å². The number of benzene rings is 6. The van der Waals surface area contributed by atoms with Crippen molar-refractivity contribution in [1.29, 1.82) is 0 Å². The van der Waals surface area contributed by atoms with Crippen LogP contribution in [0.5, 0.6) is 0 Å². The smallest absolute Gasteiger partial charge is 0.252 e. The van der Waals surface area contributed by atoms with Gasteiger partial charge in [0, 0.05) is 55.1 Å². The molecule has 0 N–H and O–H groups in total. The van der Waals surface area contributed by atoms with Gasteiger partial charge in [0.25, 0.3) is 6.71 Å². The van der Waals surface area contributed by atoms with Crippen LogP contribution in [-0.4, -0.2) is 20.8 Å². The van der Waals surface area contributed by atoms with Crippen LogP contribution in [0.25, 0.3) is 77.5 Å². The van der Waals surface area contributed by atoms with Gasteiger partial charge in [-0.15, -0.1) is 0 Å². The Balaban J connectivity index is 1.42. The molecule has 5 heterocycles. The Morgan fingerprint density at radius 2 is 0.768 bits per heavy atom. The number of pyridine rings is 1. The van der Waals surface area contributed by atoms with E-state index in [1.54, 1.807) is 0 Å². The minimum absolute atomic E-state index is 0.00895. The maximum atomic E-state index is 5.52. The first-order chi connectivity index (χ1) is 32.0. The molecule has 0 saturated heterocycles. The molecule has 0 spiro atoms. The van der Waals surface area contributed by atoms with Crippen molar-refractivity contribution in [2.45, 2.75) is 157 Å². The number of hydrogen-bond donors (Lipinski definition) is 0. The molecule has 3 nitrogen and oxygen atoms in total. The molecule has 11 rings (SSSR count). The zero-order valence-electron chi connectivity index (χ0n) is 44.8. The second-order valence-corrected chi connectivity index (χ2v) is 27.0. The van der Waals surface area contributed by atoms with E-state index in [0.29, 0.717) is 0 Å². The van der Waals surface area contributed by atoms with E-state index in [9.17, 15) is 0 Å². The average molecular weight is 906 g/mol. The van der Waals surface area contributed by atoms with E-state index in [0.717, 1.165) is 22.5 Å². The van der Waals surface area contributed by atoms with Crippen LogP contribution < -0.4 is 16.4 Å². The molecule has 69 heavy (non-hydrogen) atoms. The van der Waals surface area contributed by atoms with Gasteiger partial charge in [0.05, 0.1) is 22.4 Å². The summed E-state index contributed by atoms with van der Waals surface area (Å²) in [5.41, 5.74) is 24.0. The molecule has 0 aliphatic carbocycles. The normalized spacial score (nSPS) is 14.2. The maximum Gasteiger partial charge on any atom is 0.252 e. The van der Waals surface area contributed by atoms with Gasteiger partial charge in [0.15, 0.2) is 0 Å². The molecule has 4 heteroatoms. The lowest BCUT2D eigenvalue weighted by Gasteiger charge is -2.35. The highest BCUT2D eigenvalue weighted by Gasteiger charge is 2.44. The van der Waals surface area contributed by atoms with Gasteiger partial charge in [-0.3, -0.25) is 0 Å². The van der Waals surface area contributed by atoms with E-state index in [4.69, 9.17) is 4.98 Å². The molecule has 0 radical (unpaired) electrons. The van der Waals surface area contributed by atoms with Gasteiger partial charge in [-0.25, -0.2) is 4.98 Å². The van der Waals surface area contributed by atoms with Crippen molar-refractivity contribution in [1.82, 2.24) is 14.1 Å². The summed E-state index contributed by atoms with van der Waals surface area (Å²) >= 11 is 0. The first-order valence-corrected chi connectivity index (χ1v) is 25.6. The molecule has 2 aliphatic rings. The summed E-state index contributed by atoms with van der Waals surface area (Å²) in [5.74, 6) is 0. The molecule has 350 valence electrons. The Labute approximate surface area is 412 Å². The van der Waals surface area contributed by atoms with Gasteiger partial charge in [-0.1, -0.05) is 197 Å². The summed E-state index contributed by atoms with van der Waals surface area (Å²) in [6.45, 7) is 43.1. The molecular weight excluding hydrogens is 834 g/mol. The lowest BCUT2D eigenvalue weighted by atomic mass is 9.34. The quantitative estimate of drug-likeness (QED) is 0.159. The van der Waals surface area contributed by atoms with Gasteiger partial charge in [0.2, 0.25) is 0 Å². The van der Waals surface area contributed by atoms with Crippen LogP contribution in [0.15, 0.2) is 109 Å². The van der Waals surface area contributed by atoms with Crippen LogP contribution >= 0.6 is 0 Å². The van der Waals surface area contributed by atoms with E-state index in [1.165, 1.54) is 105 Å². The van der Waals surface area contributed by atoms with E-state index >= 15 is 0 Å². The highest BCUT2D eigenvalue weighted by molar-refractivity contribution is 7.00. The molecule has 0 unspecified atom stereocenters. The van der Waals surface area contributed by atoms with Gasteiger partial charge in [0.1, 0.15) is 0 Å². The lowest BCUT2D eigenvalue weighted by molar-refractivity contribution is 0.572. The predicted octanol–water partition coefficient (Wildman–Crippen LogP) is 15.5. The van der Waals surface area contributed by atoms with E-state index < -0.39 is 0 Å². The number of rotatable bonds is 2. The summed E-state index contributed by atoms with van der Waals surface area (Å²) in [7, 11) is 0. The van der Waals surface area contributed by atoms with Crippen molar-refractivity contribution in [3.8, 4) is 33.9 Å². The third-order valence-corrected chi connectivity index (χ3v) is 15.7. The van der Waals surface area contributed by atoms with Crippen LogP contribution in [0, 0.1) is 0 Å². The van der Waals surface area contributed by atoms with Crippen molar-refractivity contribution in [2.75, 3.05) is 0 Å². The molecule has 0 bridgehead atoms. The van der Waals surface area contributed by atoms with Crippen molar-refractivity contribution in [3.63, 3.8) is 0 Å². The van der Waals surface area contributed by atoms with Crippen LogP contribution in [0.1, 0.15) is 158 Å². The summed E-state index contributed by atoms with van der Waals surface area (Å²) in [6, 6.07) is 42.5. The Kier molecular flexibility index (Phi) is 9.49. The Hall–Kier alpha value is -5.87. The van der Waals surface area contributed by atoms with E-state index in [1.807, 2.05) is 0 Å². The van der Waals surface area contributed by atoms with Crippen LogP contribution in [0.3, 0.4) is 0 Å². The zero-order chi connectivity index (χ0) is 49.4. The lowest BCUT2D eigenvalue weighted by Crippen LogP contribution is -2.59. The van der Waals surface area contributed by atoms with Crippen molar-refractivity contribution < 1.29 is 0 Å². The SMILES string of the molecule is CC(C)(C)c1cc(C(C)(C)C)c2c3c(C(C)(C)C)ccc4c3n(c2c1)-c1cc(-c2cccc(-c3ccccc3)n2)cc2c1B4c1ccc(C(C)(C)C)c3c4c(C(C)(C)C)cc(C(C)(C)C)cc4n-2c13. The summed E-state index contributed by atoms with van der Waals surface area (Å²) in [5, 5.41) is 5.59. The first-order valence-electron chi connectivity index (χ1n) is 25.6. The summed E-state index contributed by atoms with van der Waals surface area (Å²) < 4.78 is 5.44. The molecule has 0 saturated carbocycles. The third-order valence-electron chi connectivity index (χ3n) is 15.7. The molecule has 0 atom stereocenters. The maximum absolute atomic E-state index is 5.52. The molecule has 0 fully saturated rings. The number of nitrogens with zero attached hydrogens (tertiary/aromatic N) is 3. The minimum atomic E-state index is -0.107. The molecule has 0 amide bonds. The minimum Gasteiger partial charge on any atom is -0.310 e. The second kappa shape index (κ2) is 14.4. The highest BCUT2D eigenvalue weighted by atomic mass is 15.0. The molecule has 3 aromatic heterocycles. The molecule has 2 aliphatic heterocycles. The third kappa shape index (κ3) is 6.77. The number of fused-ring (bicyclic) bond motifs is 10. The predicted molar refractivity (Wildman–Crippen MR) is 301 cm³/mol. The number of hydrogen-bond acceptors (Lipinski definition) is 1.